The number of pyridine rings is 1. The lowest BCUT2D eigenvalue weighted by atomic mass is 10.0. The normalized spacial score (nSPS) is 12.2. The van der Waals surface area contributed by atoms with E-state index in [1.807, 2.05) is 6.92 Å². The topological polar surface area (TPSA) is 71.5 Å². The van der Waals surface area contributed by atoms with Crippen molar-refractivity contribution in [3.05, 3.63) is 23.5 Å². The number of hydrogen-bond donors (Lipinski definition) is 2. The monoisotopic (exact) mass is 266 g/mol. The van der Waals surface area contributed by atoms with Crippen molar-refractivity contribution in [1.29, 1.82) is 0 Å². The zero-order chi connectivity index (χ0) is 14.8. The van der Waals surface area contributed by atoms with Crippen molar-refractivity contribution in [2.24, 2.45) is 0 Å². The Balaban J connectivity index is 2.99. The highest BCUT2D eigenvalue weighted by Gasteiger charge is 2.24. The molecule has 0 aliphatic carbocycles. The highest BCUT2D eigenvalue weighted by atomic mass is 16.6. The smallest absolute Gasteiger partial charge is 0.412 e. The average Bonchev–Trinajstić information content (AvgIpc) is 2.16. The second kappa shape index (κ2) is 5.17. The summed E-state index contributed by atoms with van der Waals surface area (Å²) >= 11 is 0. The van der Waals surface area contributed by atoms with Crippen LogP contribution in [0.3, 0.4) is 0 Å². The van der Waals surface area contributed by atoms with Crippen molar-refractivity contribution in [3.63, 3.8) is 0 Å². The summed E-state index contributed by atoms with van der Waals surface area (Å²) in [4.78, 5) is 16.0. The van der Waals surface area contributed by atoms with Crippen LogP contribution >= 0.6 is 0 Å². The van der Waals surface area contributed by atoms with Gasteiger partial charge < -0.3 is 9.84 Å². The van der Waals surface area contributed by atoms with Crippen LogP contribution in [0.15, 0.2) is 12.1 Å². The molecule has 0 aliphatic heterocycles. The zero-order valence-corrected chi connectivity index (χ0v) is 12.4. The number of anilines is 1. The van der Waals surface area contributed by atoms with Crippen molar-refractivity contribution >= 4 is 11.8 Å². The minimum atomic E-state index is -1.14. The molecule has 0 saturated carbocycles. The lowest BCUT2D eigenvalue weighted by molar-refractivity contribution is 0.0630. The molecule has 0 bridgehead atoms. The molecule has 19 heavy (non-hydrogen) atoms. The Kier molecular flexibility index (Phi) is 4.20. The number of nitrogens with zero attached hydrogens (tertiary/aromatic N) is 1. The van der Waals surface area contributed by atoms with Crippen molar-refractivity contribution < 1.29 is 14.6 Å². The molecule has 5 nitrogen and oxygen atoms in total. The van der Waals surface area contributed by atoms with Gasteiger partial charge in [-0.2, -0.15) is 0 Å². The van der Waals surface area contributed by atoms with E-state index in [2.05, 4.69) is 10.3 Å². The third kappa shape index (κ3) is 4.87. The van der Waals surface area contributed by atoms with Crippen LogP contribution in [0.5, 0.6) is 0 Å². The molecule has 1 aromatic rings. The van der Waals surface area contributed by atoms with Crippen LogP contribution in [0.2, 0.25) is 0 Å². The standard InChI is InChI=1S/C14H22N2O3/c1-9-7-8-10(11(15-9)14(5,6)18)16-12(17)19-13(2,3)4/h7-8,18H,1-6H3,(H,16,17). The molecule has 0 aliphatic rings. The van der Waals surface area contributed by atoms with Crippen LogP contribution < -0.4 is 5.32 Å². The van der Waals surface area contributed by atoms with Crippen LogP contribution in [0.25, 0.3) is 0 Å². The second-order valence-electron chi connectivity index (χ2n) is 6.03. The molecule has 2 N–H and O–H groups in total. The number of carbonyl (C=O) groups excluding carboxylic acids is 1. The third-order valence-electron chi connectivity index (χ3n) is 2.25. The number of ether oxygens (including phenoxy) is 1. The molecule has 0 aromatic carbocycles. The number of nitrogens with one attached hydrogen (secondary N) is 1. The van der Waals surface area contributed by atoms with Gasteiger partial charge in [-0.05, 0) is 53.7 Å². The largest absolute Gasteiger partial charge is 0.444 e. The first kappa shape index (κ1) is 15.4. The van der Waals surface area contributed by atoms with Gasteiger partial charge in [-0.1, -0.05) is 0 Å². The van der Waals surface area contributed by atoms with Gasteiger partial charge in [0.1, 0.15) is 11.2 Å². The maximum absolute atomic E-state index is 11.7. The van der Waals surface area contributed by atoms with Gasteiger partial charge in [-0.15, -0.1) is 0 Å². The number of hydrogen-bond acceptors (Lipinski definition) is 4. The number of amides is 1. The van der Waals surface area contributed by atoms with E-state index in [9.17, 15) is 9.90 Å². The molecule has 0 unspecified atom stereocenters. The van der Waals surface area contributed by atoms with E-state index in [4.69, 9.17) is 4.74 Å². The Morgan fingerprint density at radius 1 is 1.26 bits per heavy atom. The van der Waals surface area contributed by atoms with Gasteiger partial charge in [0.25, 0.3) is 0 Å². The fraction of sp³-hybridized carbons (Fsp3) is 0.571. The SMILES string of the molecule is Cc1ccc(NC(=O)OC(C)(C)C)c(C(C)(C)O)n1. The van der Waals surface area contributed by atoms with Crippen LogP contribution in [0, 0.1) is 6.92 Å². The Morgan fingerprint density at radius 2 is 1.84 bits per heavy atom. The van der Waals surface area contributed by atoms with Gasteiger partial charge in [-0.3, -0.25) is 10.3 Å². The fourth-order valence-corrected chi connectivity index (χ4v) is 1.54. The third-order valence-corrected chi connectivity index (χ3v) is 2.25. The molecule has 0 atom stereocenters. The minimum absolute atomic E-state index is 0.415. The summed E-state index contributed by atoms with van der Waals surface area (Å²) in [5.41, 5.74) is -0.0782. The summed E-state index contributed by atoms with van der Waals surface area (Å²) < 4.78 is 5.18. The maximum Gasteiger partial charge on any atom is 0.412 e. The predicted octanol–water partition coefficient (Wildman–Crippen LogP) is 2.96. The second-order valence-corrected chi connectivity index (χ2v) is 6.03. The first-order valence-corrected chi connectivity index (χ1v) is 6.19. The van der Waals surface area contributed by atoms with Crippen molar-refractivity contribution in [2.75, 3.05) is 5.32 Å². The van der Waals surface area contributed by atoms with Gasteiger partial charge >= 0.3 is 6.09 Å². The van der Waals surface area contributed by atoms with E-state index in [1.54, 1.807) is 46.8 Å². The number of aryl methyl sites for hydroxylation is 1. The van der Waals surface area contributed by atoms with Crippen LogP contribution in [-0.4, -0.2) is 21.8 Å². The average molecular weight is 266 g/mol. The molecular formula is C14H22N2O3. The number of rotatable bonds is 2. The Hall–Kier alpha value is -1.62. The first-order valence-electron chi connectivity index (χ1n) is 6.19. The lowest BCUT2D eigenvalue weighted by Gasteiger charge is -2.23. The van der Waals surface area contributed by atoms with Gasteiger partial charge in [0.2, 0.25) is 0 Å². The lowest BCUT2D eigenvalue weighted by Crippen LogP contribution is -2.29. The van der Waals surface area contributed by atoms with E-state index in [0.29, 0.717) is 11.4 Å². The highest BCUT2D eigenvalue weighted by molar-refractivity contribution is 5.85. The molecule has 0 spiro atoms. The van der Waals surface area contributed by atoms with E-state index in [-0.39, 0.29) is 0 Å². The molecule has 5 heteroatoms. The Labute approximate surface area is 114 Å². The molecule has 1 amide bonds. The van der Waals surface area contributed by atoms with Gasteiger partial charge in [0.15, 0.2) is 0 Å². The molecule has 0 fully saturated rings. The molecule has 1 aromatic heterocycles. The predicted molar refractivity (Wildman–Crippen MR) is 74.1 cm³/mol. The van der Waals surface area contributed by atoms with Gasteiger partial charge in [-0.25, -0.2) is 4.79 Å². The van der Waals surface area contributed by atoms with Crippen molar-refractivity contribution in [2.45, 2.75) is 52.7 Å². The molecule has 106 valence electrons. The summed E-state index contributed by atoms with van der Waals surface area (Å²) in [7, 11) is 0. The quantitative estimate of drug-likeness (QED) is 0.863. The van der Waals surface area contributed by atoms with E-state index in [0.717, 1.165) is 5.69 Å². The zero-order valence-electron chi connectivity index (χ0n) is 12.4. The van der Waals surface area contributed by atoms with E-state index >= 15 is 0 Å². The molecular weight excluding hydrogens is 244 g/mol. The summed E-state index contributed by atoms with van der Waals surface area (Å²) in [6, 6.07) is 3.47. The number of carbonyl (C=O) groups is 1. The van der Waals surface area contributed by atoms with Gasteiger partial charge in [0, 0.05) is 5.69 Å². The summed E-state index contributed by atoms with van der Waals surface area (Å²) in [6.45, 7) is 10.4. The van der Waals surface area contributed by atoms with E-state index < -0.39 is 17.3 Å². The number of aliphatic hydroxyl groups is 1. The molecule has 1 heterocycles. The molecule has 0 radical (unpaired) electrons. The number of aromatic nitrogens is 1. The summed E-state index contributed by atoms with van der Waals surface area (Å²) in [5.74, 6) is 0. The van der Waals surface area contributed by atoms with Crippen LogP contribution in [0.4, 0.5) is 10.5 Å². The van der Waals surface area contributed by atoms with Crippen LogP contribution in [-0.2, 0) is 10.3 Å². The van der Waals surface area contributed by atoms with Crippen molar-refractivity contribution in [3.8, 4) is 0 Å². The highest BCUT2D eigenvalue weighted by Crippen LogP contribution is 2.26. The summed E-state index contributed by atoms with van der Waals surface area (Å²) in [5, 5.41) is 12.7. The summed E-state index contributed by atoms with van der Waals surface area (Å²) in [6.07, 6.45) is -0.566. The van der Waals surface area contributed by atoms with E-state index in [1.165, 1.54) is 0 Å². The first-order chi connectivity index (χ1) is 8.49. The maximum atomic E-state index is 11.7. The Morgan fingerprint density at radius 3 is 2.32 bits per heavy atom. The van der Waals surface area contributed by atoms with Gasteiger partial charge in [0.05, 0.1) is 11.4 Å². The van der Waals surface area contributed by atoms with Crippen molar-refractivity contribution in [1.82, 2.24) is 4.98 Å². The minimum Gasteiger partial charge on any atom is -0.444 e. The van der Waals surface area contributed by atoms with Crippen LogP contribution in [0.1, 0.15) is 46.0 Å². The Bertz CT molecular complexity index is 471. The molecule has 1 rings (SSSR count). The molecule has 0 saturated heterocycles. The fourth-order valence-electron chi connectivity index (χ4n) is 1.54.